The Morgan fingerprint density at radius 2 is 2.45 bits per heavy atom. The van der Waals surface area contributed by atoms with Gasteiger partial charge in [0.05, 0.1) is 5.56 Å². The maximum Gasteiger partial charge on any atom is 0.254 e. The van der Waals surface area contributed by atoms with Gasteiger partial charge in [0.25, 0.3) is 5.91 Å². The molecule has 1 fully saturated rings. The molecule has 1 saturated heterocycles. The first kappa shape index (κ1) is 13.3. The van der Waals surface area contributed by atoms with Gasteiger partial charge in [-0.1, -0.05) is 0 Å². The summed E-state index contributed by atoms with van der Waals surface area (Å²) < 4.78 is 2.07. The number of thiophene rings is 1. The molecule has 1 aliphatic heterocycles. The highest BCUT2D eigenvalue weighted by atomic mass is 32.1. The van der Waals surface area contributed by atoms with E-state index in [9.17, 15) is 4.79 Å². The minimum atomic E-state index is 0.138. The second-order valence-corrected chi connectivity index (χ2v) is 5.86. The third-order valence-electron chi connectivity index (χ3n) is 3.83. The number of hydrogen-bond donors (Lipinski definition) is 0. The fourth-order valence-corrected chi connectivity index (χ4v) is 3.39. The highest BCUT2D eigenvalue weighted by molar-refractivity contribution is 7.08. The van der Waals surface area contributed by atoms with Crippen molar-refractivity contribution in [3.05, 3.63) is 34.5 Å². The number of aryl methyl sites for hydroxylation is 1. The van der Waals surface area contributed by atoms with E-state index in [1.165, 1.54) is 0 Å². The Labute approximate surface area is 122 Å². The molecular formula is C14H18N4OS. The maximum atomic E-state index is 12.4. The van der Waals surface area contributed by atoms with E-state index in [1.807, 2.05) is 21.7 Å². The molecule has 106 valence electrons. The van der Waals surface area contributed by atoms with E-state index < -0.39 is 0 Å². The van der Waals surface area contributed by atoms with Crippen LogP contribution in [0.4, 0.5) is 0 Å². The van der Waals surface area contributed by atoms with Crippen LogP contribution in [0.15, 0.2) is 23.2 Å². The fraction of sp³-hybridized carbons (Fsp3) is 0.500. The van der Waals surface area contributed by atoms with Crippen molar-refractivity contribution in [2.75, 3.05) is 13.1 Å². The maximum absolute atomic E-state index is 12.4. The van der Waals surface area contributed by atoms with Crippen LogP contribution in [0.1, 0.15) is 41.9 Å². The van der Waals surface area contributed by atoms with Crippen molar-refractivity contribution in [2.24, 2.45) is 0 Å². The Morgan fingerprint density at radius 3 is 3.20 bits per heavy atom. The first-order valence-corrected chi connectivity index (χ1v) is 7.93. The lowest BCUT2D eigenvalue weighted by molar-refractivity contribution is 0.0704. The second kappa shape index (κ2) is 5.75. The van der Waals surface area contributed by atoms with Crippen LogP contribution >= 0.6 is 11.3 Å². The molecule has 0 spiro atoms. The van der Waals surface area contributed by atoms with Gasteiger partial charge in [0.1, 0.15) is 12.2 Å². The first-order chi connectivity index (χ1) is 9.79. The van der Waals surface area contributed by atoms with Crippen molar-refractivity contribution < 1.29 is 4.79 Å². The summed E-state index contributed by atoms with van der Waals surface area (Å²) in [7, 11) is 0. The zero-order valence-electron chi connectivity index (χ0n) is 11.5. The molecule has 0 saturated carbocycles. The molecule has 1 unspecified atom stereocenters. The third-order valence-corrected chi connectivity index (χ3v) is 4.51. The second-order valence-electron chi connectivity index (χ2n) is 5.08. The molecule has 1 amide bonds. The van der Waals surface area contributed by atoms with E-state index in [1.54, 1.807) is 17.7 Å². The number of carbonyl (C=O) groups excluding carboxylic acids is 1. The number of amides is 1. The number of piperidine rings is 1. The van der Waals surface area contributed by atoms with Crippen LogP contribution in [0.25, 0.3) is 0 Å². The van der Waals surface area contributed by atoms with Crippen LogP contribution in [-0.4, -0.2) is 38.7 Å². The predicted octanol–water partition coefficient (Wildman–Crippen LogP) is 2.38. The Morgan fingerprint density at radius 1 is 1.55 bits per heavy atom. The predicted molar refractivity (Wildman–Crippen MR) is 77.9 cm³/mol. The molecule has 2 aromatic rings. The number of carbonyl (C=O) groups is 1. The summed E-state index contributed by atoms with van der Waals surface area (Å²) in [5, 5.41) is 12.1. The summed E-state index contributed by atoms with van der Waals surface area (Å²) in [4.78, 5) is 14.4. The number of aromatic nitrogens is 3. The van der Waals surface area contributed by atoms with Gasteiger partial charge < -0.3 is 9.47 Å². The largest absolute Gasteiger partial charge is 0.338 e. The quantitative estimate of drug-likeness (QED) is 0.872. The normalized spacial score (nSPS) is 19.2. The molecule has 1 atom stereocenters. The lowest BCUT2D eigenvalue weighted by atomic mass is 9.96. The highest BCUT2D eigenvalue weighted by Gasteiger charge is 2.28. The first-order valence-electron chi connectivity index (χ1n) is 6.98. The van der Waals surface area contributed by atoms with Crippen LogP contribution in [0, 0.1) is 0 Å². The van der Waals surface area contributed by atoms with Crippen LogP contribution in [-0.2, 0) is 6.54 Å². The van der Waals surface area contributed by atoms with Gasteiger partial charge in [-0.15, -0.1) is 10.2 Å². The van der Waals surface area contributed by atoms with Crippen molar-refractivity contribution in [3.63, 3.8) is 0 Å². The van der Waals surface area contributed by atoms with Crippen molar-refractivity contribution >= 4 is 17.2 Å². The SMILES string of the molecule is CCn1cnnc1C1CCCN(C(=O)c2ccsc2)C1. The molecule has 3 heterocycles. The smallest absolute Gasteiger partial charge is 0.254 e. The van der Waals surface area contributed by atoms with Crippen molar-refractivity contribution in [3.8, 4) is 0 Å². The van der Waals surface area contributed by atoms with E-state index in [-0.39, 0.29) is 5.91 Å². The van der Waals surface area contributed by atoms with Crippen molar-refractivity contribution in [1.29, 1.82) is 0 Å². The Kier molecular flexibility index (Phi) is 3.82. The number of nitrogens with zero attached hydrogens (tertiary/aromatic N) is 4. The van der Waals surface area contributed by atoms with Gasteiger partial charge in [0, 0.05) is 30.9 Å². The van der Waals surface area contributed by atoms with Gasteiger partial charge in [-0.05, 0) is 31.2 Å². The minimum Gasteiger partial charge on any atom is -0.338 e. The monoisotopic (exact) mass is 290 g/mol. The standard InChI is InChI=1S/C14H18N4OS/c1-2-17-10-15-16-13(17)11-4-3-6-18(8-11)14(19)12-5-7-20-9-12/h5,7,9-11H,2-4,6,8H2,1H3. The van der Waals surface area contributed by atoms with Gasteiger partial charge in [0.2, 0.25) is 0 Å². The average Bonchev–Trinajstić information content (AvgIpc) is 3.17. The molecular weight excluding hydrogens is 272 g/mol. The summed E-state index contributed by atoms with van der Waals surface area (Å²) in [5.74, 6) is 1.45. The molecule has 0 radical (unpaired) electrons. The summed E-state index contributed by atoms with van der Waals surface area (Å²) in [6, 6.07) is 1.89. The lowest BCUT2D eigenvalue weighted by Gasteiger charge is -2.32. The fourth-order valence-electron chi connectivity index (χ4n) is 2.76. The summed E-state index contributed by atoms with van der Waals surface area (Å²) in [6.45, 7) is 4.54. The number of hydrogen-bond acceptors (Lipinski definition) is 4. The average molecular weight is 290 g/mol. The molecule has 6 heteroatoms. The summed E-state index contributed by atoms with van der Waals surface area (Å²) >= 11 is 1.56. The van der Waals surface area contributed by atoms with E-state index >= 15 is 0 Å². The van der Waals surface area contributed by atoms with Crippen LogP contribution in [0.2, 0.25) is 0 Å². The zero-order chi connectivity index (χ0) is 13.9. The van der Waals surface area contributed by atoms with E-state index in [0.29, 0.717) is 5.92 Å². The van der Waals surface area contributed by atoms with Gasteiger partial charge in [0.15, 0.2) is 0 Å². The van der Waals surface area contributed by atoms with Crippen molar-refractivity contribution in [1.82, 2.24) is 19.7 Å². The van der Waals surface area contributed by atoms with Crippen LogP contribution in [0.3, 0.4) is 0 Å². The number of rotatable bonds is 3. The van der Waals surface area contributed by atoms with Crippen LogP contribution in [0.5, 0.6) is 0 Å². The molecule has 1 aliphatic rings. The van der Waals surface area contributed by atoms with E-state index in [2.05, 4.69) is 21.7 Å². The lowest BCUT2D eigenvalue weighted by Crippen LogP contribution is -2.39. The molecule has 0 bridgehead atoms. The molecule has 0 N–H and O–H groups in total. The summed E-state index contributed by atoms with van der Waals surface area (Å²) in [5.41, 5.74) is 0.799. The van der Waals surface area contributed by atoms with Gasteiger partial charge in [-0.3, -0.25) is 4.79 Å². The summed E-state index contributed by atoms with van der Waals surface area (Å²) in [6.07, 6.45) is 3.87. The van der Waals surface area contributed by atoms with Gasteiger partial charge in [-0.25, -0.2) is 0 Å². The van der Waals surface area contributed by atoms with E-state index in [0.717, 1.165) is 43.9 Å². The highest BCUT2D eigenvalue weighted by Crippen LogP contribution is 2.26. The van der Waals surface area contributed by atoms with Gasteiger partial charge >= 0.3 is 0 Å². The van der Waals surface area contributed by atoms with E-state index in [4.69, 9.17) is 0 Å². The van der Waals surface area contributed by atoms with Crippen LogP contribution < -0.4 is 0 Å². The molecule has 0 aromatic carbocycles. The minimum absolute atomic E-state index is 0.138. The Hall–Kier alpha value is -1.69. The molecule has 20 heavy (non-hydrogen) atoms. The van der Waals surface area contributed by atoms with Gasteiger partial charge in [-0.2, -0.15) is 11.3 Å². The zero-order valence-corrected chi connectivity index (χ0v) is 12.3. The Bertz CT molecular complexity index is 578. The molecule has 0 aliphatic carbocycles. The molecule has 2 aromatic heterocycles. The van der Waals surface area contributed by atoms with Crippen molar-refractivity contribution in [2.45, 2.75) is 32.2 Å². The molecule has 3 rings (SSSR count). The Balaban J connectivity index is 1.75. The third kappa shape index (κ3) is 2.47. The molecule has 5 nitrogen and oxygen atoms in total. The number of likely N-dealkylation sites (tertiary alicyclic amines) is 1. The topological polar surface area (TPSA) is 51.0 Å².